The molecule has 1 aliphatic carbocycles. The first kappa shape index (κ1) is 23.8. The number of aromatic nitrogens is 5. The fourth-order valence-corrected chi connectivity index (χ4v) is 5.66. The minimum absolute atomic E-state index is 0.0516. The smallest absolute Gasteiger partial charge is 0.226 e. The van der Waals surface area contributed by atoms with Gasteiger partial charge in [-0.05, 0) is 35.4 Å². The number of ether oxygens (including phenoxy) is 1. The van der Waals surface area contributed by atoms with Gasteiger partial charge >= 0.3 is 0 Å². The Labute approximate surface area is 230 Å². The Morgan fingerprint density at radius 2 is 1.87 bits per heavy atom. The molecule has 0 bridgehead atoms. The molecule has 1 aliphatic rings. The van der Waals surface area contributed by atoms with Crippen LogP contribution in [0.1, 0.15) is 21.6 Å². The molecule has 39 heavy (non-hydrogen) atoms. The van der Waals surface area contributed by atoms with Crippen LogP contribution in [0.15, 0.2) is 72.1 Å². The number of thioether (sulfide) groups is 1. The van der Waals surface area contributed by atoms with Gasteiger partial charge in [0.1, 0.15) is 18.1 Å². The molecular formula is C29H17ClFN5O2S. The van der Waals surface area contributed by atoms with Crippen molar-refractivity contribution in [2.75, 3.05) is 6.26 Å². The molecule has 0 saturated heterocycles. The van der Waals surface area contributed by atoms with Crippen molar-refractivity contribution in [2.45, 2.75) is 11.8 Å². The molecule has 10 heteroatoms. The summed E-state index contributed by atoms with van der Waals surface area (Å²) in [5.74, 6) is -0.568. The van der Waals surface area contributed by atoms with Gasteiger partial charge in [-0.25, -0.2) is 9.37 Å². The number of rotatable bonds is 5. The summed E-state index contributed by atoms with van der Waals surface area (Å²) in [5.41, 5.74) is 4.22. The van der Waals surface area contributed by atoms with E-state index in [0.717, 1.165) is 5.56 Å². The lowest BCUT2D eigenvalue weighted by molar-refractivity contribution is 0.103. The zero-order valence-corrected chi connectivity index (χ0v) is 21.9. The average molecular weight is 554 g/mol. The molecular weight excluding hydrogens is 537 g/mol. The summed E-state index contributed by atoms with van der Waals surface area (Å²) in [7, 11) is 0. The Morgan fingerprint density at radius 1 is 1.03 bits per heavy atom. The maximum Gasteiger partial charge on any atom is 0.226 e. The van der Waals surface area contributed by atoms with E-state index in [4.69, 9.17) is 16.3 Å². The summed E-state index contributed by atoms with van der Waals surface area (Å²) in [5, 5.41) is 9.31. The molecule has 0 spiro atoms. The number of aromatic amines is 1. The third kappa shape index (κ3) is 3.69. The van der Waals surface area contributed by atoms with Crippen molar-refractivity contribution in [1.29, 1.82) is 0 Å². The molecule has 0 aliphatic heterocycles. The highest BCUT2D eigenvalue weighted by Crippen LogP contribution is 2.48. The Kier molecular flexibility index (Phi) is 5.57. The number of hydrogen-bond donors (Lipinski definition) is 1. The summed E-state index contributed by atoms with van der Waals surface area (Å²) in [6, 6.07) is 16.3. The molecule has 3 heterocycles. The fourth-order valence-electron chi connectivity index (χ4n) is 5.04. The molecule has 0 unspecified atom stereocenters. The molecule has 0 radical (unpaired) electrons. The molecule has 0 saturated carbocycles. The molecule has 7 rings (SSSR count). The lowest BCUT2D eigenvalue weighted by Gasteiger charge is -2.13. The van der Waals surface area contributed by atoms with Gasteiger partial charge in [0.05, 0.1) is 33.6 Å². The van der Waals surface area contributed by atoms with Crippen LogP contribution in [-0.4, -0.2) is 37.2 Å². The molecule has 1 N–H and O–H groups in total. The van der Waals surface area contributed by atoms with Crippen LogP contribution in [0.3, 0.4) is 0 Å². The monoisotopic (exact) mass is 553 g/mol. The van der Waals surface area contributed by atoms with Gasteiger partial charge in [0.2, 0.25) is 11.7 Å². The average Bonchev–Trinajstić information content (AvgIpc) is 3.55. The number of nitrogens with one attached hydrogen (secondary N) is 1. The zero-order valence-electron chi connectivity index (χ0n) is 20.3. The van der Waals surface area contributed by atoms with Crippen molar-refractivity contribution in [3.05, 3.63) is 94.7 Å². The van der Waals surface area contributed by atoms with Gasteiger partial charge in [-0.1, -0.05) is 59.8 Å². The third-order valence-electron chi connectivity index (χ3n) is 6.77. The van der Waals surface area contributed by atoms with Gasteiger partial charge in [0, 0.05) is 28.1 Å². The number of fused-ring (bicyclic) bond motifs is 5. The first-order valence-electron chi connectivity index (χ1n) is 12.0. The summed E-state index contributed by atoms with van der Waals surface area (Å²) in [6.07, 6.45) is 5.07. The molecule has 0 atom stereocenters. The number of benzene rings is 3. The van der Waals surface area contributed by atoms with Crippen molar-refractivity contribution < 1.29 is 13.9 Å². The number of nitrogens with zero attached hydrogens (tertiary/aromatic N) is 4. The van der Waals surface area contributed by atoms with E-state index in [2.05, 4.69) is 25.1 Å². The minimum Gasteiger partial charge on any atom is -0.472 e. The van der Waals surface area contributed by atoms with Crippen LogP contribution in [-0.2, 0) is 6.61 Å². The Balaban J connectivity index is 1.48. The highest BCUT2D eigenvalue weighted by atomic mass is 35.5. The van der Waals surface area contributed by atoms with Crippen molar-refractivity contribution in [2.24, 2.45) is 0 Å². The maximum absolute atomic E-state index is 14.7. The predicted molar refractivity (Wildman–Crippen MR) is 149 cm³/mol. The van der Waals surface area contributed by atoms with Gasteiger partial charge < -0.3 is 4.74 Å². The lowest BCUT2D eigenvalue weighted by atomic mass is 9.93. The van der Waals surface area contributed by atoms with E-state index in [1.165, 1.54) is 17.8 Å². The van der Waals surface area contributed by atoms with E-state index in [-0.39, 0.29) is 23.1 Å². The van der Waals surface area contributed by atoms with E-state index in [9.17, 15) is 9.18 Å². The van der Waals surface area contributed by atoms with Crippen LogP contribution in [0.4, 0.5) is 4.39 Å². The summed E-state index contributed by atoms with van der Waals surface area (Å²) >= 11 is 7.84. The molecule has 3 aromatic carbocycles. The van der Waals surface area contributed by atoms with Crippen LogP contribution >= 0.6 is 23.4 Å². The molecule has 7 nitrogen and oxygen atoms in total. The van der Waals surface area contributed by atoms with E-state index in [0.29, 0.717) is 60.7 Å². The fraction of sp³-hybridized carbons (Fsp3) is 0.0690. The van der Waals surface area contributed by atoms with E-state index < -0.39 is 5.82 Å². The van der Waals surface area contributed by atoms with E-state index in [1.807, 2.05) is 42.7 Å². The number of carbonyl (C=O) groups excluding carboxylic acids is 1. The van der Waals surface area contributed by atoms with Crippen molar-refractivity contribution in [3.63, 3.8) is 0 Å². The summed E-state index contributed by atoms with van der Waals surface area (Å²) in [4.78, 5) is 27.8. The maximum atomic E-state index is 14.7. The second-order valence-electron chi connectivity index (χ2n) is 8.97. The van der Waals surface area contributed by atoms with Gasteiger partial charge in [-0.15, -0.1) is 0 Å². The number of ketones is 1. The number of H-pyrrole nitrogens is 1. The molecule has 0 fully saturated rings. The SMILES string of the molecule is CSc1nc(OCc2ccccc2)c2c(n1)C(=O)c1c-2ccnc1-c1c2cn[nH]c2cc2ccc(F)c(Cl)c12. The second kappa shape index (κ2) is 9.14. The van der Waals surface area contributed by atoms with Gasteiger partial charge in [0.15, 0.2) is 5.16 Å². The molecule has 3 aromatic heterocycles. The topological polar surface area (TPSA) is 93.7 Å². The van der Waals surface area contributed by atoms with Crippen molar-refractivity contribution in [3.8, 4) is 28.3 Å². The van der Waals surface area contributed by atoms with Crippen molar-refractivity contribution in [1.82, 2.24) is 25.1 Å². The summed E-state index contributed by atoms with van der Waals surface area (Å²) < 4.78 is 20.9. The number of halogens is 2. The minimum atomic E-state index is -0.567. The predicted octanol–water partition coefficient (Wildman–Crippen LogP) is 6.87. The van der Waals surface area contributed by atoms with Crippen LogP contribution in [0.2, 0.25) is 5.02 Å². The first-order chi connectivity index (χ1) is 19.0. The zero-order chi connectivity index (χ0) is 26.7. The van der Waals surface area contributed by atoms with Gasteiger partial charge in [-0.2, -0.15) is 10.1 Å². The van der Waals surface area contributed by atoms with Crippen LogP contribution < -0.4 is 4.74 Å². The summed E-state index contributed by atoms with van der Waals surface area (Å²) in [6.45, 7) is 0.271. The molecule has 6 aromatic rings. The van der Waals surface area contributed by atoms with E-state index >= 15 is 0 Å². The second-order valence-corrected chi connectivity index (χ2v) is 10.1. The normalized spacial score (nSPS) is 12.2. The number of pyridine rings is 1. The van der Waals surface area contributed by atoms with E-state index in [1.54, 1.807) is 24.5 Å². The Bertz CT molecular complexity index is 1960. The van der Waals surface area contributed by atoms with Crippen LogP contribution in [0, 0.1) is 5.82 Å². The largest absolute Gasteiger partial charge is 0.472 e. The Morgan fingerprint density at radius 3 is 2.69 bits per heavy atom. The highest BCUT2D eigenvalue weighted by molar-refractivity contribution is 7.98. The number of carbonyl (C=O) groups is 1. The molecule has 0 amide bonds. The van der Waals surface area contributed by atoms with Gasteiger partial charge in [0.25, 0.3) is 0 Å². The van der Waals surface area contributed by atoms with Gasteiger partial charge in [-0.3, -0.25) is 14.9 Å². The number of hydrogen-bond acceptors (Lipinski definition) is 7. The standard InChI is InChI=1S/C29H17ClFN5O2S/c1-39-29-34-26-23(28(35-29)38-13-14-5-3-2-4-6-14)16-9-10-32-25(22(16)27(26)37)21-17-12-33-36-19(17)11-15-7-8-18(31)24(30)20(15)21/h2-12H,13H2,1H3,(H,33,36). The van der Waals surface area contributed by atoms with Crippen molar-refractivity contribution >= 4 is 50.8 Å². The first-order valence-corrected chi connectivity index (χ1v) is 13.6. The Hall–Kier alpha value is -4.34. The third-order valence-corrected chi connectivity index (χ3v) is 7.69. The lowest BCUT2D eigenvalue weighted by Crippen LogP contribution is -2.05. The quantitative estimate of drug-likeness (QED) is 0.183. The van der Waals surface area contributed by atoms with Crippen LogP contribution in [0.5, 0.6) is 5.88 Å². The highest BCUT2D eigenvalue weighted by Gasteiger charge is 2.37. The molecule has 190 valence electrons. The van der Waals surface area contributed by atoms with Crippen LogP contribution in [0.25, 0.3) is 44.1 Å².